The van der Waals surface area contributed by atoms with Gasteiger partial charge in [-0.05, 0) is 36.8 Å². The Labute approximate surface area is 126 Å². The third-order valence-corrected chi connectivity index (χ3v) is 2.59. The van der Waals surface area contributed by atoms with E-state index in [-0.39, 0.29) is 5.11 Å². The molecule has 1 aromatic carbocycles. The number of carbonyl (C=O) groups excluding carboxylic acids is 1. The molecule has 5 nitrogen and oxygen atoms in total. The Balaban J connectivity index is 2.73. The zero-order valence-electron chi connectivity index (χ0n) is 9.98. The second-order valence-corrected chi connectivity index (χ2v) is 5.08. The number of hydrogen-bond donors (Lipinski definition) is 3. The highest BCUT2D eigenvalue weighted by Crippen LogP contribution is 2.12. The summed E-state index contributed by atoms with van der Waals surface area (Å²) in [5, 5.41) is 6.64. The molecule has 0 spiro atoms. The lowest BCUT2D eigenvalue weighted by molar-refractivity contribution is -0.114. The van der Waals surface area contributed by atoms with Crippen LogP contribution in [0, 0.1) is 0 Å². The average Bonchev–Trinajstić information content (AvgIpc) is 2.36. The molecule has 0 aliphatic carbocycles. The Hall–Kier alpha value is -1.37. The standard InChI is InChI=1S/C11H12Cl2N4OS/c1-6(16-17-11(14)19)7-2-4-8(5-3-7)15-10(18)9(12)13/h2-5,9H,1H3,(H,15,18)(H3,14,17,19)/b16-6-. The summed E-state index contributed by atoms with van der Waals surface area (Å²) in [4.78, 5) is 10.2. The number of anilines is 1. The van der Waals surface area contributed by atoms with Gasteiger partial charge in [-0.25, -0.2) is 0 Å². The number of nitrogens with two attached hydrogens (primary N) is 1. The van der Waals surface area contributed by atoms with E-state index in [4.69, 9.17) is 28.9 Å². The highest BCUT2D eigenvalue weighted by molar-refractivity contribution is 7.80. The van der Waals surface area contributed by atoms with Gasteiger partial charge in [0, 0.05) is 5.69 Å². The van der Waals surface area contributed by atoms with E-state index in [0.717, 1.165) is 5.56 Å². The molecule has 0 aliphatic rings. The topological polar surface area (TPSA) is 79.5 Å². The minimum Gasteiger partial charge on any atom is -0.375 e. The van der Waals surface area contributed by atoms with Gasteiger partial charge >= 0.3 is 0 Å². The lowest BCUT2D eigenvalue weighted by Crippen LogP contribution is -2.25. The summed E-state index contributed by atoms with van der Waals surface area (Å²) >= 11 is 15.5. The van der Waals surface area contributed by atoms with Crippen LogP contribution in [0.25, 0.3) is 0 Å². The molecule has 0 heterocycles. The fourth-order valence-electron chi connectivity index (χ4n) is 1.20. The molecule has 0 bridgehead atoms. The van der Waals surface area contributed by atoms with E-state index in [1.165, 1.54) is 0 Å². The maximum atomic E-state index is 11.3. The quantitative estimate of drug-likeness (QED) is 0.343. The number of amides is 1. The van der Waals surface area contributed by atoms with Crippen molar-refractivity contribution < 1.29 is 4.79 Å². The van der Waals surface area contributed by atoms with Crippen LogP contribution >= 0.6 is 35.4 Å². The highest BCUT2D eigenvalue weighted by Gasteiger charge is 2.11. The molecule has 0 saturated heterocycles. The maximum absolute atomic E-state index is 11.3. The van der Waals surface area contributed by atoms with Gasteiger partial charge in [0.25, 0.3) is 5.91 Å². The fraction of sp³-hybridized carbons (Fsp3) is 0.182. The van der Waals surface area contributed by atoms with Crippen molar-refractivity contribution in [2.24, 2.45) is 10.8 Å². The Morgan fingerprint density at radius 2 is 1.95 bits per heavy atom. The SMILES string of the molecule is C/C(=N/NC(N)=S)c1ccc(NC(=O)C(Cl)Cl)cc1. The second kappa shape index (κ2) is 7.28. The lowest BCUT2D eigenvalue weighted by Gasteiger charge is -2.07. The molecule has 1 aromatic rings. The van der Waals surface area contributed by atoms with Gasteiger partial charge in [-0.15, -0.1) is 0 Å². The highest BCUT2D eigenvalue weighted by atomic mass is 35.5. The lowest BCUT2D eigenvalue weighted by atomic mass is 10.1. The number of alkyl halides is 2. The van der Waals surface area contributed by atoms with E-state index in [1.807, 2.05) is 0 Å². The normalized spacial score (nSPS) is 11.3. The summed E-state index contributed by atoms with van der Waals surface area (Å²) in [5.74, 6) is -0.475. The van der Waals surface area contributed by atoms with Crippen LogP contribution in [0.1, 0.15) is 12.5 Å². The summed E-state index contributed by atoms with van der Waals surface area (Å²) in [5.41, 5.74) is 9.92. The van der Waals surface area contributed by atoms with Gasteiger partial charge in [-0.2, -0.15) is 5.10 Å². The summed E-state index contributed by atoms with van der Waals surface area (Å²) in [6.07, 6.45) is 0. The first kappa shape index (κ1) is 15.7. The monoisotopic (exact) mass is 318 g/mol. The predicted octanol–water partition coefficient (Wildman–Crippen LogP) is 1.99. The third kappa shape index (κ3) is 5.42. The molecule has 0 fully saturated rings. The number of nitrogens with zero attached hydrogens (tertiary/aromatic N) is 1. The van der Waals surface area contributed by atoms with Crippen LogP contribution < -0.4 is 16.5 Å². The van der Waals surface area contributed by atoms with Crippen LogP contribution in [0.4, 0.5) is 5.69 Å². The van der Waals surface area contributed by atoms with Crippen molar-refractivity contribution in [3.63, 3.8) is 0 Å². The smallest absolute Gasteiger partial charge is 0.257 e. The van der Waals surface area contributed by atoms with E-state index in [0.29, 0.717) is 11.4 Å². The molecule has 0 radical (unpaired) electrons. The number of hydrogen-bond acceptors (Lipinski definition) is 3. The number of halogens is 2. The Morgan fingerprint density at radius 3 is 2.42 bits per heavy atom. The Bertz CT molecular complexity index is 502. The van der Waals surface area contributed by atoms with Crippen molar-refractivity contribution in [2.45, 2.75) is 11.8 Å². The van der Waals surface area contributed by atoms with E-state index >= 15 is 0 Å². The van der Waals surface area contributed by atoms with Crippen molar-refractivity contribution in [1.29, 1.82) is 0 Å². The van der Waals surface area contributed by atoms with Crippen molar-refractivity contribution in [1.82, 2.24) is 5.43 Å². The molecule has 19 heavy (non-hydrogen) atoms. The second-order valence-electron chi connectivity index (χ2n) is 3.54. The maximum Gasteiger partial charge on any atom is 0.257 e. The van der Waals surface area contributed by atoms with E-state index in [9.17, 15) is 4.79 Å². The summed E-state index contributed by atoms with van der Waals surface area (Å²) in [6, 6.07) is 6.99. The Morgan fingerprint density at radius 1 is 1.37 bits per heavy atom. The van der Waals surface area contributed by atoms with Crippen molar-refractivity contribution >= 4 is 57.8 Å². The fourth-order valence-corrected chi connectivity index (χ4v) is 1.35. The molecular formula is C11H12Cl2N4OS. The summed E-state index contributed by atoms with van der Waals surface area (Å²) in [6.45, 7) is 1.80. The molecular weight excluding hydrogens is 307 g/mol. The van der Waals surface area contributed by atoms with Gasteiger partial charge in [-0.1, -0.05) is 35.3 Å². The molecule has 102 valence electrons. The van der Waals surface area contributed by atoms with Crippen molar-refractivity contribution in [3.05, 3.63) is 29.8 Å². The number of benzene rings is 1. The zero-order valence-corrected chi connectivity index (χ0v) is 12.3. The van der Waals surface area contributed by atoms with Crippen molar-refractivity contribution in [2.75, 3.05) is 5.32 Å². The number of nitrogens with one attached hydrogen (secondary N) is 2. The van der Waals surface area contributed by atoms with Gasteiger partial charge in [0.05, 0.1) is 5.71 Å². The minimum absolute atomic E-state index is 0.0958. The third-order valence-electron chi connectivity index (χ3n) is 2.10. The van der Waals surface area contributed by atoms with Gasteiger partial charge in [-0.3, -0.25) is 10.2 Å². The Kier molecular flexibility index (Phi) is 6.01. The van der Waals surface area contributed by atoms with Gasteiger partial charge in [0.1, 0.15) is 0 Å². The first-order valence-electron chi connectivity index (χ1n) is 5.19. The molecule has 0 unspecified atom stereocenters. The summed E-state index contributed by atoms with van der Waals surface area (Å²) in [7, 11) is 0. The zero-order chi connectivity index (χ0) is 14.4. The summed E-state index contributed by atoms with van der Waals surface area (Å²) < 4.78 is 0. The van der Waals surface area contributed by atoms with Crippen LogP contribution in [0.5, 0.6) is 0 Å². The first-order valence-corrected chi connectivity index (χ1v) is 6.47. The molecule has 4 N–H and O–H groups in total. The van der Waals surface area contributed by atoms with Crippen molar-refractivity contribution in [3.8, 4) is 0 Å². The first-order chi connectivity index (χ1) is 8.90. The average molecular weight is 319 g/mol. The number of hydrazone groups is 1. The molecule has 0 aliphatic heterocycles. The molecule has 0 aromatic heterocycles. The van der Waals surface area contributed by atoms with Gasteiger partial charge < -0.3 is 11.1 Å². The van der Waals surface area contributed by atoms with Crippen LogP contribution in [0.15, 0.2) is 29.4 Å². The number of carbonyl (C=O) groups is 1. The van der Waals surface area contributed by atoms with Gasteiger partial charge in [0.2, 0.25) is 0 Å². The molecule has 1 amide bonds. The number of rotatable bonds is 4. The van der Waals surface area contributed by atoms with E-state index in [1.54, 1.807) is 31.2 Å². The van der Waals surface area contributed by atoms with Crippen LogP contribution in [0.3, 0.4) is 0 Å². The van der Waals surface area contributed by atoms with E-state index < -0.39 is 10.7 Å². The molecule has 8 heteroatoms. The van der Waals surface area contributed by atoms with Gasteiger partial charge in [0.15, 0.2) is 9.95 Å². The van der Waals surface area contributed by atoms with E-state index in [2.05, 4.69) is 28.1 Å². The largest absolute Gasteiger partial charge is 0.375 e. The van der Waals surface area contributed by atoms with Crippen LogP contribution in [-0.2, 0) is 4.79 Å². The molecule has 0 saturated carbocycles. The molecule has 1 rings (SSSR count). The van der Waals surface area contributed by atoms with Crippen LogP contribution in [-0.4, -0.2) is 21.6 Å². The number of thiocarbonyl (C=S) groups is 1. The predicted molar refractivity (Wildman–Crippen MR) is 82.7 cm³/mol. The van der Waals surface area contributed by atoms with Crippen LogP contribution in [0.2, 0.25) is 0 Å². The minimum atomic E-state index is -1.10. The molecule has 0 atom stereocenters.